The quantitative estimate of drug-likeness (QED) is 0.210. The third kappa shape index (κ3) is 4.78. The summed E-state index contributed by atoms with van der Waals surface area (Å²) in [6.07, 6.45) is 1.60. The number of thioether (sulfide) groups is 1. The number of para-hydroxylation sites is 2. The van der Waals surface area contributed by atoms with Gasteiger partial charge in [0.1, 0.15) is 0 Å². The lowest BCUT2D eigenvalue weighted by atomic mass is 10.2. The van der Waals surface area contributed by atoms with Gasteiger partial charge in [-0.25, -0.2) is 10.4 Å². The number of hydrogen-bond acceptors (Lipinski definition) is 5. The van der Waals surface area contributed by atoms with Gasteiger partial charge in [-0.2, -0.15) is 5.10 Å². The molecule has 0 saturated heterocycles. The van der Waals surface area contributed by atoms with Crippen LogP contribution in [0.5, 0.6) is 0 Å². The number of carbonyl (C=O) groups excluding carboxylic acids is 1. The summed E-state index contributed by atoms with van der Waals surface area (Å²) in [5.41, 5.74) is 6.69. The van der Waals surface area contributed by atoms with Crippen molar-refractivity contribution in [1.29, 1.82) is 0 Å². The fourth-order valence-corrected chi connectivity index (χ4v) is 4.13. The van der Waals surface area contributed by atoms with E-state index in [2.05, 4.69) is 15.5 Å². The highest BCUT2D eigenvalue weighted by Crippen LogP contribution is 2.23. The lowest BCUT2D eigenvalue weighted by Crippen LogP contribution is -2.24. The zero-order valence-corrected chi connectivity index (χ0v) is 18.6. The minimum absolute atomic E-state index is 0.0712. The SMILES string of the molecule is Cc1cccc(C=NNC(=O)CSc2nc3ccccc3c(=O)n2-c2ccccc2C)c1. The number of aryl methyl sites for hydroxylation is 2. The third-order valence-electron chi connectivity index (χ3n) is 4.88. The number of amides is 1. The average molecular weight is 443 g/mol. The van der Waals surface area contributed by atoms with Crippen molar-refractivity contribution in [2.75, 3.05) is 5.75 Å². The van der Waals surface area contributed by atoms with E-state index in [1.165, 1.54) is 11.8 Å². The van der Waals surface area contributed by atoms with Crippen LogP contribution >= 0.6 is 11.8 Å². The normalized spacial score (nSPS) is 11.2. The first-order chi connectivity index (χ1) is 15.5. The molecule has 0 aliphatic carbocycles. The van der Waals surface area contributed by atoms with E-state index in [0.29, 0.717) is 16.1 Å². The van der Waals surface area contributed by atoms with Crippen molar-refractivity contribution in [3.8, 4) is 5.69 Å². The Kier molecular flexibility index (Phi) is 6.47. The van der Waals surface area contributed by atoms with E-state index in [-0.39, 0.29) is 17.2 Å². The van der Waals surface area contributed by atoms with Gasteiger partial charge in [0.25, 0.3) is 11.5 Å². The van der Waals surface area contributed by atoms with Gasteiger partial charge in [-0.15, -0.1) is 0 Å². The zero-order valence-electron chi connectivity index (χ0n) is 17.8. The van der Waals surface area contributed by atoms with Gasteiger partial charge >= 0.3 is 0 Å². The molecule has 0 saturated carbocycles. The number of benzene rings is 3. The van der Waals surface area contributed by atoms with E-state index in [4.69, 9.17) is 0 Å². The smallest absolute Gasteiger partial charge is 0.266 e. The number of aromatic nitrogens is 2. The number of nitrogens with one attached hydrogen (secondary N) is 1. The lowest BCUT2D eigenvalue weighted by Gasteiger charge is -2.14. The largest absolute Gasteiger partial charge is 0.272 e. The maximum atomic E-state index is 13.3. The second-order valence-electron chi connectivity index (χ2n) is 7.33. The van der Waals surface area contributed by atoms with Gasteiger partial charge in [-0.3, -0.25) is 14.2 Å². The van der Waals surface area contributed by atoms with Gasteiger partial charge in [0.2, 0.25) is 0 Å². The molecular formula is C25H22N4O2S. The van der Waals surface area contributed by atoms with Crippen LogP contribution in [0.4, 0.5) is 0 Å². The number of hydrogen-bond donors (Lipinski definition) is 1. The van der Waals surface area contributed by atoms with E-state index in [1.807, 2.05) is 74.5 Å². The Balaban J connectivity index is 1.58. The lowest BCUT2D eigenvalue weighted by molar-refractivity contribution is -0.118. The molecule has 1 N–H and O–H groups in total. The maximum absolute atomic E-state index is 13.3. The van der Waals surface area contributed by atoms with E-state index in [9.17, 15) is 9.59 Å². The molecule has 0 fully saturated rings. The van der Waals surface area contributed by atoms with Crippen LogP contribution in [0.1, 0.15) is 16.7 Å². The minimum atomic E-state index is -0.280. The minimum Gasteiger partial charge on any atom is -0.272 e. The molecule has 6 nitrogen and oxygen atoms in total. The molecule has 1 aromatic heterocycles. The first kappa shape index (κ1) is 21.5. The van der Waals surface area contributed by atoms with Crippen LogP contribution in [0.2, 0.25) is 0 Å². The summed E-state index contributed by atoms with van der Waals surface area (Å²) in [4.78, 5) is 30.3. The first-order valence-corrected chi connectivity index (χ1v) is 11.1. The Morgan fingerprint density at radius 1 is 1.06 bits per heavy atom. The van der Waals surface area contributed by atoms with E-state index in [0.717, 1.165) is 22.4 Å². The van der Waals surface area contributed by atoms with Crippen molar-refractivity contribution >= 4 is 34.8 Å². The Morgan fingerprint density at radius 2 is 1.84 bits per heavy atom. The number of fused-ring (bicyclic) bond motifs is 1. The molecule has 0 radical (unpaired) electrons. The number of hydrazone groups is 1. The topological polar surface area (TPSA) is 76.3 Å². The average Bonchev–Trinajstić information content (AvgIpc) is 2.79. The van der Waals surface area contributed by atoms with E-state index in [1.54, 1.807) is 22.9 Å². The van der Waals surface area contributed by atoms with Gasteiger partial charge in [-0.1, -0.05) is 71.9 Å². The molecule has 1 heterocycles. The monoisotopic (exact) mass is 442 g/mol. The van der Waals surface area contributed by atoms with Crippen molar-refractivity contribution in [3.63, 3.8) is 0 Å². The van der Waals surface area contributed by atoms with E-state index >= 15 is 0 Å². The Bertz CT molecular complexity index is 1380. The molecule has 4 rings (SSSR count). The molecule has 32 heavy (non-hydrogen) atoms. The number of rotatable bonds is 6. The highest BCUT2D eigenvalue weighted by atomic mass is 32.2. The fraction of sp³-hybridized carbons (Fsp3) is 0.120. The molecule has 160 valence electrons. The highest BCUT2D eigenvalue weighted by Gasteiger charge is 2.15. The van der Waals surface area contributed by atoms with Crippen molar-refractivity contribution in [2.45, 2.75) is 19.0 Å². The van der Waals surface area contributed by atoms with Crippen LogP contribution in [-0.2, 0) is 4.79 Å². The summed E-state index contributed by atoms with van der Waals surface area (Å²) in [5, 5.41) is 5.02. The summed E-state index contributed by atoms with van der Waals surface area (Å²) >= 11 is 1.20. The predicted octanol–water partition coefficient (Wildman–Crippen LogP) is 4.24. The Morgan fingerprint density at radius 3 is 2.66 bits per heavy atom. The molecule has 0 aliphatic heterocycles. The van der Waals surface area contributed by atoms with Crippen LogP contribution in [-0.4, -0.2) is 27.4 Å². The van der Waals surface area contributed by atoms with E-state index < -0.39 is 0 Å². The number of carbonyl (C=O) groups is 1. The van der Waals surface area contributed by atoms with Crippen LogP contribution in [0.25, 0.3) is 16.6 Å². The third-order valence-corrected chi connectivity index (χ3v) is 5.82. The molecule has 4 aromatic rings. The molecule has 0 bridgehead atoms. The molecule has 0 unspecified atom stereocenters. The highest BCUT2D eigenvalue weighted by molar-refractivity contribution is 7.99. The summed E-state index contributed by atoms with van der Waals surface area (Å²) in [6, 6.07) is 22.7. The van der Waals surface area contributed by atoms with Gasteiger partial charge in [0.15, 0.2) is 5.16 Å². The summed E-state index contributed by atoms with van der Waals surface area (Å²) in [7, 11) is 0. The van der Waals surface area contributed by atoms with Crippen molar-refractivity contribution in [3.05, 3.63) is 99.8 Å². The summed E-state index contributed by atoms with van der Waals surface area (Å²) < 4.78 is 1.58. The van der Waals surface area contributed by atoms with Gasteiger partial charge in [-0.05, 0) is 43.2 Å². The fourth-order valence-electron chi connectivity index (χ4n) is 3.33. The Labute approximate surface area is 190 Å². The molecule has 1 amide bonds. The molecule has 3 aromatic carbocycles. The van der Waals surface area contributed by atoms with Crippen molar-refractivity contribution in [1.82, 2.24) is 15.0 Å². The van der Waals surface area contributed by atoms with Crippen LogP contribution in [0.15, 0.2) is 87.8 Å². The maximum Gasteiger partial charge on any atom is 0.266 e. The second kappa shape index (κ2) is 9.62. The predicted molar refractivity (Wildman–Crippen MR) is 130 cm³/mol. The van der Waals surface area contributed by atoms with Crippen LogP contribution in [0, 0.1) is 13.8 Å². The summed E-state index contributed by atoms with van der Waals surface area (Å²) in [5.74, 6) is -0.209. The molecule has 0 aliphatic rings. The standard InChI is InChI=1S/C25H22N4O2S/c1-17-8-7-10-19(14-17)15-26-28-23(30)16-32-25-27-21-12-5-4-11-20(21)24(31)29(25)22-13-6-3-9-18(22)2/h3-15H,16H2,1-2H3,(H,28,30). The number of nitrogens with zero attached hydrogens (tertiary/aromatic N) is 3. The molecule has 0 spiro atoms. The Hall–Kier alpha value is -3.71. The molecular weight excluding hydrogens is 420 g/mol. The van der Waals surface area contributed by atoms with Crippen molar-refractivity contribution < 1.29 is 4.79 Å². The zero-order chi connectivity index (χ0) is 22.5. The first-order valence-electron chi connectivity index (χ1n) is 10.1. The second-order valence-corrected chi connectivity index (χ2v) is 8.28. The van der Waals surface area contributed by atoms with Gasteiger partial charge < -0.3 is 0 Å². The molecule has 7 heteroatoms. The summed E-state index contributed by atoms with van der Waals surface area (Å²) in [6.45, 7) is 3.94. The van der Waals surface area contributed by atoms with Crippen LogP contribution in [0.3, 0.4) is 0 Å². The molecule has 0 atom stereocenters. The van der Waals surface area contributed by atoms with Crippen molar-refractivity contribution in [2.24, 2.45) is 5.10 Å². The van der Waals surface area contributed by atoms with Gasteiger partial charge in [0, 0.05) is 0 Å². The van der Waals surface area contributed by atoms with Crippen LogP contribution < -0.4 is 11.0 Å². The van der Waals surface area contributed by atoms with Gasteiger partial charge in [0.05, 0.1) is 28.6 Å².